The van der Waals surface area contributed by atoms with Crippen LogP contribution in [-0.2, 0) is 15.6 Å². The lowest BCUT2D eigenvalue weighted by Crippen LogP contribution is -2.28. The van der Waals surface area contributed by atoms with Crippen LogP contribution in [0.2, 0.25) is 0 Å². The van der Waals surface area contributed by atoms with E-state index in [0.717, 1.165) is 16.7 Å². The first-order chi connectivity index (χ1) is 10.1. The highest BCUT2D eigenvalue weighted by Gasteiger charge is 2.29. The number of hydrogen-bond donors (Lipinski definition) is 1. The SMILES string of the molecule is CC(C)(C)c1ccc(-c2ccc(C(C)(C)C(=O)O)cc2)cc1. The largest absolute Gasteiger partial charge is 0.481 e. The van der Waals surface area contributed by atoms with Crippen LogP contribution in [0.1, 0.15) is 45.7 Å². The lowest BCUT2D eigenvalue weighted by atomic mass is 9.83. The Morgan fingerprint density at radius 1 is 0.727 bits per heavy atom. The van der Waals surface area contributed by atoms with Crippen molar-refractivity contribution in [3.63, 3.8) is 0 Å². The molecule has 0 aliphatic rings. The number of benzene rings is 2. The molecule has 2 heteroatoms. The summed E-state index contributed by atoms with van der Waals surface area (Å²) in [7, 11) is 0. The second-order valence-electron chi connectivity index (χ2n) is 7.33. The van der Waals surface area contributed by atoms with E-state index in [9.17, 15) is 9.90 Å². The highest BCUT2D eigenvalue weighted by molar-refractivity contribution is 5.80. The molecule has 1 N–H and O–H groups in total. The molecule has 0 bridgehead atoms. The summed E-state index contributed by atoms with van der Waals surface area (Å²) >= 11 is 0. The predicted molar refractivity (Wildman–Crippen MR) is 91.2 cm³/mol. The maximum Gasteiger partial charge on any atom is 0.313 e. The third-order valence-electron chi connectivity index (χ3n) is 4.23. The van der Waals surface area contributed by atoms with Crippen LogP contribution in [0.5, 0.6) is 0 Å². The van der Waals surface area contributed by atoms with Gasteiger partial charge in [-0.2, -0.15) is 0 Å². The zero-order chi connectivity index (χ0) is 16.5. The lowest BCUT2D eigenvalue weighted by molar-refractivity contribution is -0.142. The molecule has 2 aromatic carbocycles. The van der Waals surface area contributed by atoms with Gasteiger partial charge in [-0.25, -0.2) is 0 Å². The summed E-state index contributed by atoms with van der Waals surface area (Å²) in [6.07, 6.45) is 0. The Kier molecular flexibility index (Phi) is 4.15. The van der Waals surface area contributed by atoms with Crippen LogP contribution in [0.4, 0.5) is 0 Å². The van der Waals surface area contributed by atoms with Crippen molar-refractivity contribution < 1.29 is 9.90 Å². The molecule has 0 fully saturated rings. The van der Waals surface area contributed by atoms with Crippen molar-refractivity contribution in [3.05, 3.63) is 59.7 Å². The Bertz CT molecular complexity index is 656. The summed E-state index contributed by atoms with van der Waals surface area (Å²) in [5.41, 5.74) is 3.65. The molecular formula is C20H24O2. The average molecular weight is 296 g/mol. The maximum atomic E-state index is 11.3. The Balaban J connectivity index is 2.30. The van der Waals surface area contributed by atoms with E-state index in [1.54, 1.807) is 13.8 Å². The maximum absolute atomic E-state index is 11.3. The van der Waals surface area contributed by atoms with E-state index in [0.29, 0.717) is 0 Å². The van der Waals surface area contributed by atoms with Gasteiger partial charge in [0.2, 0.25) is 0 Å². The molecule has 0 spiro atoms. The van der Waals surface area contributed by atoms with E-state index in [-0.39, 0.29) is 5.41 Å². The van der Waals surface area contributed by atoms with Crippen molar-refractivity contribution in [2.45, 2.75) is 45.4 Å². The van der Waals surface area contributed by atoms with Crippen molar-refractivity contribution in [2.24, 2.45) is 0 Å². The van der Waals surface area contributed by atoms with Crippen LogP contribution in [0.3, 0.4) is 0 Å². The molecule has 0 saturated heterocycles. The normalized spacial score (nSPS) is 12.2. The molecule has 2 rings (SSSR count). The number of hydrogen-bond acceptors (Lipinski definition) is 1. The minimum Gasteiger partial charge on any atom is -0.481 e. The number of aliphatic carboxylic acids is 1. The third kappa shape index (κ3) is 3.22. The van der Waals surface area contributed by atoms with Crippen molar-refractivity contribution in [1.29, 1.82) is 0 Å². The van der Waals surface area contributed by atoms with E-state index >= 15 is 0 Å². The van der Waals surface area contributed by atoms with Gasteiger partial charge in [-0.05, 0) is 41.5 Å². The standard InChI is InChI=1S/C20H24O2/c1-19(2,3)16-10-6-14(7-11-16)15-8-12-17(13-9-15)20(4,5)18(21)22/h6-13H,1-5H3,(H,21,22). The molecule has 0 saturated carbocycles. The van der Waals surface area contributed by atoms with Crippen LogP contribution < -0.4 is 0 Å². The second kappa shape index (κ2) is 5.60. The first-order valence-corrected chi connectivity index (χ1v) is 7.57. The van der Waals surface area contributed by atoms with E-state index < -0.39 is 11.4 Å². The quantitative estimate of drug-likeness (QED) is 0.864. The fraction of sp³-hybridized carbons (Fsp3) is 0.350. The molecule has 2 nitrogen and oxygen atoms in total. The Morgan fingerprint density at radius 3 is 1.41 bits per heavy atom. The molecule has 22 heavy (non-hydrogen) atoms. The average Bonchev–Trinajstić information content (AvgIpc) is 2.46. The van der Waals surface area contributed by atoms with Gasteiger partial charge in [-0.3, -0.25) is 4.79 Å². The van der Waals surface area contributed by atoms with Crippen LogP contribution in [-0.4, -0.2) is 11.1 Å². The third-order valence-corrected chi connectivity index (χ3v) is 4.23. The fourth-order valence-electron chi connectivity index (χ4n) is 2.37. The fourth-order valence-corrected chi connectivity index (χ4v) is 2.37. The Morgan fingerprint density at radius 2 is 1.09 bits per heavy atom. The number of carboxylic acids is 1. The minimum atomic E-state index is -0.866. The second-order valence-corrected chi connectivity index (χ2v) is 7.33. The number of carboxylic acid groups (broad SMARTS) is 1. The molecule has 0 unspecified atom stereocenters. The van der Waals surface area contributed by atoms with E-state index in [4.69, 9.17) is 0 Å². The summed E-state index contributed by atoms with van der Waals surface area (Å²) in [4.78, 5) is 11.3. The molecule has 0 amide bonds. The van der Waals surface area contributed by atoms with Crippen molar-refractivity contribution >= 4 is 5.97 Å². The zero-order valence-corrected chi connectivity index (χ0v) is 14.0. The lowest BCUT2D eigenvalue weighted by Gasteiger charge is -2.20. The first-order valence-electron chi connectivity index (χ1n) is 7.57. The van der Waals surface area contributed by atoms with Crippen LogP contribution >= 0.6 is 0 Å². The van der Waals surface area contributed by atoms with Crippen molar-refractivity contribution in [2.75, 3.05) is 0 Å². The first kappa shape index (κ1) is 16.3. The smallest absolute Gasteiger partial charge is 0.313 e. The van der Waals surface area contributed by atoms with Crippen LogP contribution in [0, 0.1) is 0 Å². The van der Waals surface area contributed by atoms with Gasteiger partial charge in [0.25, 0.3) is 0 Å². The van der Waals surface area contributed by atoms with Crippen molar-refractivity contribution in [1.82, 2.24) is 0 Å². The molecule has 0 radical (unpaired) electrons. The van der Waals surface area contributed by atoms with E-state index in [1.807, 2.05) is 24.3 Å². The van der Waals surface area contributed by atoms with Gasteiger partial charge in [0.15, 0.2) is 0 Å². The van der Waals surface area contributed by atoms with Gasteiger partial charge in [-0.15, -0.1) is 0 Å². The molecule has 0 aliphatic heterocycles. The zero-order valence-electron chi connectivity index (χ0n) is 14.0. The molecule has 0 heterocycles. The molecule has 116 valence electrons. The molecule has 0 aromatic heterocycles. The number of carbonyl (C=O) groups is 1. The summed E-state index contributed by atoms with van der Waals surface area (Å²) in [5, 5.41) is 9.29. The van der Waals surface area contributed by atoms with Crippen molar-refractivity contribution in [3.8, 4) is 11.1 Å². The van der Waals surface area contributed by atoms with Gasteiger partial charge >= 0.3 is 5.97 Å². The summed E-state index contributed by atoms with van der Waals surface area (Å²) in [6.45, 7) is 10.0. The van der Waals surface area contributed by atoms with E-state index in [1.165, 1.54) is 5.56 Å². The Hall–Kier alpha value is -2.09. The molecule has 0 aliphatic carbocycles. The van der Waals surface area contributed by atoms with Gasteiger partial charge in [0.05, 0.1) is 5.41 Å². The van der Waals surface area contributed by atoms with Crippen LogP contribution in [0.15, 0.2) is 48.5 Å². The Labute approximate surface area is 132 Å². The van der Waals surface area contributed by atoms with Gasteiger partial charge in [0.1, 0.15) is 0 Å². The van der Waals surface area contributed by atoms with Crippen LogP contribution in [0.25, 0.3) is 11.1 Å². The van der Waals surface area contributed by atoms with Gasteiger partial charge in [0, 0.05) is 0 Å². The van der Waals surface area contributed by atoms with Gasteiger partial charge in [-0.1, -0.05) is 69.3 Å². The number of rotatable bonds is 3. The van der Waals surface area contributed by atoms with Gasteiger partial charge < -0.3 is 5.11 Å². The predicted octanol–water partition coefficient (Wildman–Crippen LogP) is 5.01. The van der Waals surface area contributed by atoms with E-state index in [2.05, 4.69) is 45.0 Å². The molecular weight excluding hydrogens is 272 g/mol. The highest BCUT2D eigenvalue weighted by atomic mass is 16.4. The molecule has 2 aromatic rings. The summed E-state index contributed by atoms with van der Waals surface area (Å²) in [5.74, 6) is -0.810. The minimum absolute atomic E-state index is 0.147. The summed E-state index contributed by atoms with van der Waals surface area (Å²) < 4.78 is 0. The molecule has 0 atom stereocenters. The topological polar surface area (TPSA) is 37.3 Å². The summed E-state index contributed by atoms with van der Waals surface area (Å²) in [6, 6.07) is 16.4. The monoisotopic (exact) mass is 296 g/mol. The highest BCUT2D eigenvalue weighted by Crippen LogP contribution is 2.29.